The average Bonchev–Trinajstić information content (AvgIpc) is 1.85. The van der Waals surface area contributed by atoms with Gasteiger partial charge in [0.1, 0.15) is 0 Å². The normalized spacial score (nSPS) is 13.0. The minimum atomic E-state index is -1.93. The minimum Gasteiger partial charge on any atom is -0.302 e. The van der Waals surface area contributed by atoms with Gasteiger partial charge in [0.05, 0.1) is 4.90 Å². The molecule has 0 radical (unpaired) electrons. The Balaban J connectivity index is 3.20. The van der Waals surface area contributed by atoms with E-state index in [1.165, 1.54) is 0 Å². The van der Waals surface area contributed by atoms with Crippen LogP contribution in [0.25, 0.3) is 0 Å². The number of benzene rings is 1. The van der Waals surface area contributed by atoms with E-state index in [4.69, 9.17) is 4.55 Å². The lowest BCUT2D eigenvalue weighted by atomic mass is 10.2. The maximum atomic E-state index is 10.6. The van der Waals surface area contributed by atoms with Crippen molar-refractivity contribution >= 4 is 23.7 Å². The van der Waals surface area contributed by atoms with Gasteiger partial charge in [-0.2, -0.15) is 0 Å². The summed E-state index contributed by atoms with van der Waals surface area (Å²) in [5.74, 6) is 0. The monoisotopic (exact) mass is 188 g/mol. The highest BCUT2D eigenvalue weighted by molar-refractivity contribution is 7.83. The molecule has 1 aromatic carbocycles. The molecule has 0 saturated heterocycles. The molecule has 1 atom stereocenters. The number of aryl methyl sites for hydroxylation is 1. The van der Waals surface area contributed by atoms with Crippen molar-refractivity contribution in [2.75, 3.05) is 0 Å². The van der Waals surface area contributed by atoms with Crippen LogP contribution < -0.4 is 0 Å². The zero-order valence-electron chi connectivity index (χ0n) is 5.94. The first kappa shape index (κ1) is 8.77. The zero-order valence-corrected chi connectivity index (χ0v) is 7.65. The maximum Gasteiger partial charge on any atom is 0.187 e. The van der Waals surface area contributed by atoms with Gasteiger partial charge in [-0.1, -0.05) is 6.07 Å². The quantitative estimate of drug-likeness (QED) is 0.521. The van der Waals surface area contributed by atoms with Gasteiger partial charge in [0.2, 0.25) is 0 Å². The Morgan fingerprint density at radius 2 is 2.18 bits per heavy atom. The molecule has 0 amide bonds. The van der Waals surface area contributed by atoms with Gasteiger partial charge >= 0.3 is 0 Å². The standard InChI is InChI=1S/C7H8O2S2/c1-5-2-3-7(11(8)9)6(10)4-5/h2-4,10H,1H3,(H,8,9). The summed E-state index contributed by atoms with van der Waals surface area (Å²) in [6.07, 6.45) is 0. The summed E-state index contributed by atoms with van der Waals surface area (Å²) in [4.78, 5) is 0.921. The van der Waals surface area contributed by atoms with Crippen molar-refractivity contribution in [2.24, 2.45) is 0 Å². The Hall–Kier alpha value is -0.320. The molecule has 11 heavy (non-hydrogen) atoms. The lowest BCUT2D eigenvalue weighted by molar-refractivity contribution is 0.562. The second-order valence-corrected chi connectivity index (χ2v) is 3.64. The molecule has 0 aliphatic heterocycles. The molecule has 0 saturated carbocycles. The predicted octanol–water partition coefficient (Wildman–Crippen LogP) is 1.86. The number of rotatable bonds is 1. The molecule has 2 nitrogen and oxygen atoms in total. The van der Waals surface area contributed by atoms with E-state index >= 15 is 0 Å². The van der Waals surface area contributed by atoms with E-state index in [1.54, 1.807) is 18.2 Å². The highest BCUT2D eigenvalue weighted by atomic mass is 32.2. The third-order valence-electron chi connectivity index (χ3n) is 1.30. The van der Waals surface area contributed by atoms with Crippen molar-refractivity contribution in [1.29, 1.82) is 0 Å². The van der Waals surface area contributed by atoms with Gasteiger partial charge in [-0.25, -0.2) is 4.21 Å². The zero-order chi connectivity index (χ0) is 8.43. The van der Waals surface area contributed by atoms with Crippen molar-refractivity contribution < 1.29 is 8.76 Å². The molecule has 0 aliphatic rings. The van der Waals surface area contributed by atoms with Crippen molar-refractivity contribution in [1.82, 2.24) is 0 Å². The second-order valence-electron chi connectivity index (χ2n) is 2.22. The van der Waals surface area contributed by atoms with Crippen molar-refractivity contribution in [2.45, 2.75) is 16.7 Å². The first-order valence-corrected chi connectivity index (χ1v) is 4.57. The fourth-order valence-electron chi connectivity index (χ4n) is 0.775. The summed E-state index contributed by atoms with van der Waals surface area (Å²) in [5.41, 5.74) is 1.03. The molecule has 0 aromatic heterocycles. The van der Waals surface area contributed by atoms with E-state index in [2.05, 4.69) is 12.6 Å². The van der Waals surface area contributed by atoms with E-state index in [9.17, 15) is 4.21 Å². The smallest absolute Gasteiger partial charge is 0.187 e. The van der Waals surface area contributed by atoms with Crippen molar-refractivity contribution in [3.63, 3.8) is 0 Å². The van der Waals surface area contributed by atoms with Crippen LogP contribution in [0.3, 0.4) is 0 Å². The van der Waals surface area contributed by atoms with Crippen LogP contribution in [-0.2, 0) is 11.1 Å². The van der Waals surface area contributed by atoms with Crippen molar-refractivity contribution in [3.8, 4) is 0 Å². The molecular weight excluding hydrogens is 180 g/mol. The molecule has 1 N–H and O–H groups in total. The molecule has 4 heteroatoms. The van der Waals surface area contributed by atoms with Crippen LogP contribution in [0.4, 0.5) is 0 Å². The summed E-state index contributed by atoms with van der Waals surface area (Å²) >= 11 is 2.13. The molecular formula is C7H8O2S2. The Bertz CT molecular complexity index is 296. The van der Waals surface area contributed by atoms with E-state index in [0.717, 1.165) is 5.56 Å². The molecule has 1 aromatic rings. The number of thiol groups is 1. The van der Waals surface area contributed by atoms with Crippen molar-refractivity contribution in [3.05, 3.63) is 23.8 Å². The fraction of sp³-hybridized carbons (Fsp3) is 0.143. The van der Waals surface area contributed by atoms with E-state index in [0.29, 0.717) is 9.79 Å². The molecule has 1 unspecified atom stereocenters. The third-order valence-corrected chi connectivity index (χ3v) is 2.56. The van der Waals surface area contributed by atoms with Crippen LogP contribution in [0.2, 0.25) is 0 Å². The number of hydrogen-bond acceptors (Lipinski definition) is 2. The Labute approximate surface area is 73.3 Å². The van der Waals surface area contributed by atoms with E-state index < -0.39 is 11.1 Å². The molecule has 0 heterocycles. The molecule has 0 bridgehead atoms. The minimum absolute atomic E-state index is 0.360. The maximum absolute atomic E-state index is 10.6. The Kier molecular flexibility index (Phi) is 2.70. The van der Waals surface area contributed by atoms with E-state index in [1.807, 2.05) is 6.92 Å². The second kappa shape index (κ2) is 3.38. The molecule has 1 rings (SSSR count). The van der Waals surface area contributed by atoms with Gasteiger partial charge < -0.3 is 4.55 Å². The van der Waals surface area contributed by atoms with Crippen LogP contribution in [0, 0.1) is 6.92 Å². The Morgan fingerprint density at radius 3 is 2.64 bits per heavy atom. The summed E-state index contributed by atoms with van der Waals surface area (Å²) in [5, 5.41) is 0. The van der Waals surface area contributed by atoms with Gasteiger partial charge in [-0.05, 0) is 24.6 Å². The van der Waals surface area contributed by atoms with Gasteiger partial charge in [0.25, 0.3) is 0 Å². The van der Waals surface area contributed by atoms with Gasteiger partial charge in [-0.15, -0.1) is 12.6 Å². The van der Waals surface area contributed by atoms with Crippen LogP contribution in [0.5, 0.6) is 0 Å². The summed E-state index contributed by atoms with van der Waals surface area (Å²) < 4.78 is 19.3. The van der Waals surface area contributed by atoms with Crippen LogP contribution >= 0.6 is 12.6 Å². The van der Waals surface area contributed by atoms with Crippen LogP contribution in [0.15, 0.2) is 28.0 Å². The lowest BCUT2D eigenvalue weighted by Crippen LogP contribution is -1.90. The summed E-state index contributed by atoms with van der Waals surface area (Å²) in [6.45, 7) is 1.91. The third kappa shape index (κ3) is 2.05. The molecule has 60 valence electrons. The fourth-order valence-corrected chi connectivity index (χ4v) is 1.71. The van der Waals surface area contributed by atoms with Gasteiger partial charge in [-0.3, -0.25) is 0 Å². The highest BCUT2D eigenvalue weighted by Crippen LogP contribution is 2.17. The van der Waals surface area contributed by atoms with Gasteiger partial charge in [0, 0.05) is 4.90 Å². The van der Waals surface area contributed by atoms with E-state index in [-0.39, 0.29) is 0 Å². The largest absolute Gasteiger partial charge is 0.302 e. The summed E-state index contributed by atoms with van der Waals surface area (Å²) in [7, 11) is 0. The van der Waals surface area contributed by atoms with Crippen LogP contribution in [-0.4, -0.2) is 8.76 Å². The topological polar surface area (TPSA) is 37.3 Å². The predicted molar refractivity (Wildman–Crippen MR) is 47.5 cm³/mol. The van der Waals surface area contributed by atoms with Gasteiger partial charge in [0.15, 0.2) is 11.1 Å². The Morgan fingerprint density at radius 1 is 1.55 bits per heavy atom. The molecule has 0 spiro atoms. The first-order valence-electron chi connectivity index (χ1n) is 3.02. The lowest BCUT2D eigenvalue weighted by Gasteiger charge is -1.99. The number of hydrogen-bond donors (Lipinski definition) is 2. The summed E-state index contributed by atoms with van der Waals surface area (Å²) in [6, 6.07) is 5.14. The average molecular weight is 188 g/mol. The SMILES string of the molecule is Cc1ccc(S(=O)O)c(S)c1. The molecule has 0 fully saturated rings. The molecule has 0 aliphatic carbocycles. The van der Waals surface area contributed by atoms with Crippen LogP contribution in [0.1, 0.15) is 5.56 Å². The first-order chi connectivity index (χ1) is 5.11. The highest BCUT2D eigenvalue weighted by Gasteiger charge is 2.03.